The number of methoxy groups -OCH3 is 1. The van der Waals surface area contributed by atoms with E-state index >= 15 is 0 Å². The van der Waals surface area contributed by atoms with Crippen molar-refractivity contribution in [3.05, 3.63) is 53.1 Å². The highest BCUT2D eigenvalue weighted by Gasteiger charge is 2.48. The molecule has 1 unspecified atom stereocenters. The fraction of sp³-hybridized carbons (Fsp3) is 0.517. The molecule has 36 heavy (non-hydrogen) atoms. The normalized spacial score (nSPS) is 18.9. The van der Waals surface area contributed by atoms with Crippen LogP contribution < -0.4 is 15.8 Å². The van der Waals surface area contributed by atoms with Gasteiger partial charge in [-0.05, 0) is 43.9 Å². The molecule has 0 saturated heterocycles. The number of rotatable bonds is 14. The number of terminal acetylenes is 1. The summed E-state index contributed by atoms with van der Waals surface area (Å²) in [6.07, 6.45) is 10.3. The van der Waals surface area contributed by atoms with Gasteiger partial charge in [0, 0.05) is 44.1 Å². The quantitative estimate of drug-likeness (QED) is 0.344. The van der Waals surface area contributed by atoms with E-state index < -0.39 is 23.3 Å². The van der Waals surface area contributed by atoms with Crippen LogP contribution in [0.2, 0.25) is 0 Å². The minimum Gasteiger partial charge on any atom is -0.497 e. The monoisotopic (exact) mass is 495 g/mol. The number of nitrogens with one attached hydrogen (secondary N) is 1. The number of aliphatic hydroxyl groups is 1. The second kappa shape index (κ2) is 13.9. The van der Waals surface area contributed by atoms with E-state index in [1.165, 1.54) is 0 Å². The molecule has 2 amide bonds. The first kappa shape index (κ1) is 29.2. The Hall–Kier alpha value is -3.08. The lowest BCUT2D eigenvalue weighted by atomic mass is 9.64. The van der Waals surface area contributed by atoms with Gasteiger partial charge in [0.05, 0.1) is 18.6 Å². The second-order valence-corrected chi connectivity index (χ2v) is 9.50. The van der Waals surface area contributed by atoms with Gasteiger partial charge in [0.15, 0.2) is 0 Å². The molecular formula is C29H41N3O4. The molecule has 3 atom stereocenters. The van der Waals surface area contributed by atoms with Crippen LogP contribution in [0.1, 0.15) is 52.0 Å². The van der Waals surface area contributed by atoms with Gasteiger partial charge < -0.3 is 25.8 Å². The van der Waals surface area contributed by atoms with Crippen LogP contribution in [-0.2, 0) is 16.1 Å². The third kappa shape index (κ3) is 7.22. The Morgan fingerprint density at radius 2 is 2.00 bits per heavy atom. The molecule has 0 bridgehead atoms. The highest BCUT2D eigenvalue weighted by Crippen LogP contribution is 2.44. The highest BCUT2D eigenvalue weighted by atomic mass is 16.5. The van der Waals surface area contributed by atoms with Crippen LogP contribution in [0.5, 0.6) is 5.75 Å². The summed E-state index contributed by atoms with van der Waals surface area (Å²) >= 11 is 0. The van der Waals surface area contributed by atoms with Crippen molar-refractivity contribution in [3.63, 3.8) is 0 Å². The molecule has 1 aliphatic carbocycles. The number of carbonyl (C=O) groups excluding carboxylic acids is 2. The number of carbonyl (C=O) groups is 2. The molecule has 0 fully saturated rings. The number of nitrogens with two attached hydrogens (primary N) is 1. The molecule has 7 heteroatoms. The minimum absolute atomic E-state index is 0.0955. The zero-order chi connectivity index (χ0) is 26.7. The number of allylic oxidation sites excluding steroid dienone is 2. The van der Waals surface area contributed by atoms with Crippen LogP contribution in [0.15, 0.2) is 47.6 Å². The molecule has 4 N–H and O–H groups in total. The molecule has 2 rings (SSSR count). The van der Waals surface area contributed by atoms with Crippen molar-refractivity contribution in [1.29, 1.82) is 0 Å². The Morgan fingerprint density at radius 3 is 2.58 bits per heavy atom. The van der Waals surface area contributed by atoms with Crippen molar-refractivity contribution in [2.45, 2.75) is 59.1 Å². The smallest absolute Gasteiger partial charge is 0.249 e. The number of amides is 2. The largest absolute Gasteiger partial charge is 0.497 e. The second-order valence-electron chi connectivity index (χ2n) is 9.50. The lowest BCUT2D eigenvalue weighted by molar-refractivity contribution is -0.132. The molecule has 1 aromatic carbocycles. The number of benzene rings is 1. The van der Waals surface area contributed by atoms with Crippen LogP contribution in [0.25, 0.3) is 0 Å². The average molecular weight is 496 g/mol. The lowest BCUT2D eigenvalue weighted by Crippen LogP contribution is -2.51. The predicted octanol–water partition coefficient (Wildman–Crippen LogP) is 3.18. The third-order valence-electron chi connectivity index (χ3n) is 6.66. The SMILES string of the molecule is C#CC[C@H]([C@@H](O)CNCc1cccc(OC)c1)C1(C(N)=O)C=C(C)C=C(C(=O)N(CCC)CCC)C1. The summed E-state index contributed by atoms with van der Waals surface area (Å²) in [5.74, 6) is 2.02. The van der Waals surface area contributed by atoms with E-state index in [2.05, 4.69) is 11.2 Å². The van der Waals surface area contributed by atoms with E-state index in [0.717, 1.165) is 29.7 Å². The Kier molecular flexibility index (Phi) is 11.2. The van der Waals surface area contributed by atoms with E-state index in [9.17, 15) is 14.7 Å². The molecule has 196 valence electrons. The lowest BCUT2D eigenvalue weighted by Gasteiger charge is -2.41. The van der Waals surface area contributed by atoms with Gasteiger partial charge in [-0.15, -0.1) is 12.3 Å². The fourth-order valence-electron chi connectivity index (χ4n) is 4.99. The Morgan fingerprint density at radius 1 is 1.31 bits per heavy atom. The molecule has 0 aliphatic heterocycles. The zero-order valence-corrected chi connectivity index (χ0v) is 22.0. The predicted molar refractivity (Wildman–Crippen MR) is 143 cm³/mol. The van der Waals surface area contributed by atoms with Gasteiger partial charge in [-0.25, -0.2) is 0 Å². The highest BCUT2D eigenvalue weighted by molar-refractivity contribution is 5.96. The van der Waals surface area contributed by atoms with E-state index in [4.69, 9.17) is 16.9 Å². The summed E-state index contributed by atoms with van der Waals surface area (Å²) in [6, 6.07) is 7.64. The van der Waals surface area contributed by atoms with Crippen LogP contribution in [0.3, 0.4) is 0 Å². The van der Waals surface area contributed by atoms with Gasteiger partial charge in [0.2, 0.25) is 11.8 Å². The number of aliphatic hydroxyl groups excluding tert-OH is 1. The van der Waals surface area contributed by atoms with Crippen molar-refractivity contribution in [2.75, 3.05) is 26.7 Å². The molecule has 1 aromatic rings. The van der Waals surface area contributed by atoms with Crippen LogP contribution in [0.4, 0.5) is 0 Å². The van der Waals surface area contributed by atoms with Crippen molar-refractivity contribution in [2.24, 2.45) is 17.1 Å². The number of hydrogen-bond donors (Lipinski definition) is 3. The molecule has 0 saturated carbocycles. The number of hydrogen-bond acceptors (Lipinski definition) is 5. The number of ether oxygens (including phenoxy) is 1. The standard InChI is InChI=1S/C29H41N3O4/c1-6-10-25(26(33)20-31-19-22-11-9-12-24(16-22)36-5)29(28(30)35)17-21(4)15-23(18-29)27(34)32(13-7-2)14-8-3/h1,9,11-12,15-17,25-26,31,33H,7-8,10,13-14,18-20H2,2-5H3,(H2,30,35)/t25-,26+,29?/m1/s1. The number of nitrogens with zero attached hydrogens (tertiary/aromatic N) is 1. The maximum atomic E-state index is 13.4. The van der Waals surface area contributed by atoms with Crippen molar-refractivity contribution in [1.82, 2.24) is 10.2 Å². The first-order chi connectivity index (χ1) is 17.2. The van der Waals surface area contributed by atoms with Gasteiger partial charge >= 0.3 is 0 Å². The van der Waals surface area contributed by atoms with E-state index in [0.29, 0.717) is 25.2 Å². The van der Waals surface area contributed by atoms with Crippen molar-refractivity contribution in [3.8, 4) is 18.1 Å². The molecular weight excluding hydrogens is 454 g/mol. The fourth-order valence-corrected chi connectivity index (χ4v) is 4.99. The van der Waals surface area contributed by atoms with Gasteiger partial charge in [-0.2, -0.15) is 0 Å². The Labute approximate surface area is 215 Å². The molecule has 0 aromatic heterocycles. The molecule has 0 radical (unpaired) electrons. The van der Waals surface area contributed by atoms with Crippen molar-refractivity contribution >= 4 is 11.8 Å². The third-order valence-corrected chi connectivity index (χ3v) is 6.66. The zero-order valence-electron chi connectivity index (χ0n) is 22.0. The first-order valence-corrected chi connectivity index (χ1v) is 12.7. The summed E-state index contributed by atoms with van der Waals surface area (Å²) in [7, 11) is 1.61. The molecule has 7 nitrogen and oxygen atoms in total. The Bertz CT molecular complexity index is 1000. The van der Waals surface area contributed by atoms with Crippen LogP contribution in [0, 0.1) is 23.7 Å². The maximum absolute atomic E-state index is 13.4. The minimum atomic E-state index is -1.27. The first-order valence-electron chi connectivity index (χ1n) is 12.7. The Balaban J connectivity index is 2.27. The molecule has 1 aliphatic rings. The number of primary amides is 1. The molecule has 0 heterocycles. The topological polar surface area (TPSA) is 105 Å². The van der Waals surface area contributed by atoms with Crippen molar-refractivity contribution < 1.29 is 19.4 Å². The summed E-state index contributed by atoms with van der Waals surface area (Å²) in [5.41, 5.74) is 7.00. The van der Waals surface area contributed by atoms with Gasteiger partial charge in [0.25, 0.3) is 0 Å². The summed E-state index contributed by atoms with van der Waals surface area (Å²) < 4.78 is 5.26. The van der Waals surface area contributed by atoms with Gasteiger partial charge in [-0.3, -0.25) is 9.59 Å². The summed E-state index contributed by atoms with van der Waals surface area (Å²) in [4.78, 5) is 28.2. The molecule has 0 spiro atoms. The van der Waals surface area contributed by atoms with Crippen LogP contribution in [-0.4, -0.2) is 54.7 Å². The van der Waals surface area contributed by atoms with Crippen LogP contribution >= 0.6 is 0 Å². The van der Waals surface area contributed by atoms with E-state index in [1.54, 1.807) is 13.2 Å². The van der Waals surface area contributed by atoms with Gasteiger partial charge in [-0.1, -0.05) is 43.7 Å². The van der Waals surface area contributed by atoms with Gasteiger partial charge in [0.1, 0.15) is 5.75 Å². The van der Waals surface area contributed by atoms with E-state index in [1.807, 2.05) is 56.0 Å². The summed E-state index contributed by atoms with van der Waals surface area (Å²) in [5, 5.41) is 14.5. The average Bonchev–Trinajstić information content (AvgIpc) is 2.86. The summed E-state index contributed by atoms with van der Waals surface area (Å²) in [6.45, 7) is 7.89. The maximum Gasteiger partial charge on any atom is 0.249 e. The van der Waals surface area contributed by atoms with E-state index in [-0.39, 0.29) is 25.3 Å².